The van der Waals surface area contributed by atoms with Gasteiger partial charge in [0.15, 0.2) is 5.13 Å². The van der Waals surface area contributed by atoms with Crippen LogP contribution in [0.1, 0.15) is 42.3 Å². The lowest BCUT2D eigenvalue weighted by Gasteiger charge is -2.18. The molecule has 0 radical (unpaired) electrons. The molecular weight excluding hydrogens is 509 g/mol. The van der Waals surface area contributed by atoms with E-state index < -0.39 is 40.7 Å². The lowest BCUT2D eigenvalue weighted by molar-refractivity contribution is -0.135. The van der Waals surface area contributed by atoms with Gasteiger partial charge in [-0.25, -0.2) is 22.9 Å². The average molecular weight is 535 g/mol. The summed E-state index contributed by atoms with van der Waals surface area (Å²) in [5.41, 5.74) is -0.246. The molecule has 0 bridgehead atoms. The van der Waals surface area contributed by atoms with E-state index in [1.165, 1.54) is 0 Å². The molecule has 1 aromatic heterocycles. The zero-order chi connectivity index (χ0) is 27.3. The number of ether oxygens (including phenoxy) is 2. The van der Waals surface area contributed by atoms with E-state index in [2.05, 4.69) is 15.0 Å². The first kappa shape index (κ1) is 27.9. The molecule has 0 aliphatic carbocycles. The smallest absolute Gasteiger partial charge is 0.371 e. The number of nitrogens with one attached hydrogen (secondary N) is 1. The molecule has 1 amide bonds. The molecule has 7 nitrogen and oxygen atoms in total. The number of hydrogen-bond acceptors (Lipinski definition) is 6. The number of hydrogen-bond donors (Lipinski definition) is 2. The van der Waals surface area contributed by atoms with Crippen LogP contribution in [0.15, 0.2) is 41.5 Å². The van der Waals surface area contributed by atoms with Gasteiger partial charge in [0.05, 0.1) is 26.0 Å². The number of anilines is 1. The molecule has 1 heterocycles. The monoisotopic (exact) mass is 534 g/mol. The fraction of sp³-hybridized carbons (Fsp3) is 0.269. The summed E-state index contributed by atoms with van der Waals surface area (Å²) in [6, 6.07) is 6.35. The minimum absolute atomic E-state index is 0.0652. The van der Waals surface area contributed by atoms with Crippen LogP contribution in [-0.4, -0.2) is 35.7 Å². The minimum Gasteiger partial charge on any atom is -0.490 e. The number of aromatic nitrogens is 1. The summed E-state index contributed by atoms with van der Waals surface area (Å²) < 4.78 is 54.2. The minimum atomic E-state index is -1.51. The van der Waals surface area contributed by atoms with E-state index in [4.69, 9.17) is 9.84 Å². The van der Waals surface area contributed by atoms with Gasteiger partial charge in [-0.15, -0.1) is 11.3 Å². The number of halogens is 3. The summed E-state index contributed by atoms with van der Waals surface area (Å²) in [5.74, 6) is -5.86. The summed E-state index contributed by atoms with van der Waals surface area (Å²) in [7, 11) is 1.04. The van der Waals surface area contributed by atoms with Crippen molar-refractivity contribution in [1.29, 1.82) is 0 Å². The summed E-state index contributed by atoms with van der Waals surface area (Å²) in [6.07, 6.45) is 0.679. The van der Waals surface area contributed by atoms with Crippen LogP contribution in [0.5, 0.6) is 0 Å². The van der Waals surface area contributed by atoms with E-state index in [-0.39, 0.29) is 34.0 Å². The van der Waals surface area contributed by atoms with Gasteiger partial charge < -0.3 is 14.6 Å². The zero-order valence-electron chi connectivity index (χ0n) is 20.5. The van der Waals surface area contributed by atoms with Crippen molar-refractivity contribution in [3.8, 4) is 11.3 Å². The fourth-order valence-electron chi connectivity index (χ4n) is 3.17. The highest BCUT2D eigenvalue weighted by molar-refractivity contribution is 7.14. The molecule has 3 rings (SSSR count). The molecule has 2 N–H and O–H groups in total. The highest BCUT2D eigenvalue weighted by atomic mass is 32.1. The van der Waals surface area contributed by atoms with Crippen LogP contribution in [0, 0.1) is 22.9 Å². The number of aliphatic carboxylic acids is 1. The summed E-state index contributed by atoms with van der Waals surface area (Å²) in [4.78, 5) is 27.8. The third kappa shape index (κ3) is 7.17. The maximum atomic E-state index is 15.1. The molecule has 0 aliphatic heterocycles. The number of rotatable bonds is 9. The largest absolute Gasteiger partial charge is 0.490 e. The second kappa shape index (κ2) is 11.6. The molecular formula is C26H25F3N2O5S. The van der Waals surface area contributed by atoms with E-state index in [1.807, 2.05) is 20.8 Å². The maximum Gasteiger partial charge on any atom is 0.371 e. The molecule has 0 saturated carbocycles. The molecule has 0 saturated heterocycles. The number of carboxylic acids is 1. The molecule has 196 valence electrons. The summed E-state index contributed by atoms with van der Waals surface area (Å²) >= 11 is 1.01. The van der Waals surface area contributed by atoms with Crippen LogP contribution in [0.3, 0.4) is 0 Å². The van der Waals surface area contributed by atoms with Gasteiger partial charge in [0, 0.05) is 33.7 Å². The molecule has 0 fully saturated rings. The van der Waals surface area contributed by atoms with Gasteiger partial charge >= 0.3 is 5.97 Å². The van der Waals surface area contributed by atoms with Crippen molar-refractivity contribution in [1.82, 2.24) is 4.98 Å². The van der Waals surface area contributed by atoms with Crippen molar-refractivity contribution in [2.24, 2.45) is 5.41 Å². The molecule has 2 aromatic carbocycles. The van der Waals surface area contributed by atoms with Gasteiger partial charge in [-0.3, -0.25) is 10.1 Å². The Labute approximate surface area is 215 Å². The second-order valence-corrected chi connectivity index (χ2v) is 10.1. The Morgan fingerprint density at radius 3 is 2.43 bits per heavy atom. The van der Waals surface area contributed by atoms with Crippen molar-refractivity contribution in [3.63, 3.8) is 0 Å². The van der Waals surface area contributed by atoms with Crippen molar-refractivity contribution in [2.45, 2.75) is 27.4 Å². The highest BCUT2D eigenvalue weighted by Gasteiger charge is 2.19. The maximum absolute atomic E-state index is 15.1. The quantitative estimate of drug-likeness (QED) is 0.254. The van der Waals surface area contributed by atoms with Crippen LogP contribution < -0.4 is 5.32 Å². The number of benzene rings is 2. The third-order valence-corrected chi connectivity index (χ3v) is 5.68. The van der Waals surface area contributed by atoms with E-state index >= 15 is 4.39 Å². The van der Waals surface area contributed by atoms with Crippen LogP contribution in [0.25, 0.3) is 17.3 Å². The zero-order valence-corrected chi connectivity index (χ0v) is 21.3. The van der Waals surface area contributed by atoms with Crippen LogP contribution in [0.2, 0.25) is 0 Å². The van der Waals surface area contributed by atoms with E-state index in [9.17, 15) is 18.4 Å². The third-order valence-electron chi connectivity index (χ3n) is 4.92. The Hall–Kier alpha value is -3.70. The van der Waals surface area contributed by atoms with Crippen LogP contribution in [0.4, 0.5) is 18.3 Å². The molecule has 0 unspecified atom stereocenters. The Balaban J connectivity index is 1.77. The van der Waals surface area contributed by atoms with Gasteiger partial charge in [-0.05, 0) is 23.6 Å². The van der Waals surface area contributed by atoms with Crippen molar-refractivity contribution in [2.75, 3.05) is 19.0 Å². The number of carboxylic acid groups (broad SMARTS) is 1. The van der Waals surface area contributed by atoms with E-state index in [0.717, 1.165) is 30.6 Å². The molecule has 37 heavy (non-hydrogen) atoms. The van der Waals surface area contributed by atoms with E-state index in [0.29, 0.717) is 18.2 Å². The van der Waals surface area contributed by atoms with Crippen molar-refractivity contribution >= 4 is 34.4 Å². The molecule has 3 aromatic rings. The first-order chi connectivity index (χ1) is 17.4. The first-order valence-electron chi connectivity index (χ1n) is 11.0. The SMILES string of the molecule is COC(=Cc1c(F)cc(C(=O)Nc2nc(-c3cccc(COCC(C)(C)C)c3F)cs2)cc1F)C(=O)O. The van der Waals surface area contributed by atoms with Crippen LogP contribution >= 0.6 is 11.3 Å². The number of carbonyl (C=O) groups excluding carboxylic acids is 1. The predicted octanol–water partition coefficient (Wildman–Crippen LogP) is 6.11. The van der Waals surface area contributed by atoms with Crippen LogP contribution in [-0.2, 0) is 20.9 Å². The number of carbonyl (C=O) groups is 2. The second-order valence-electron chi connectivity index (χ2n) is 9.20. The fourth-order valence-corrected chi connectivity index (χ4v) is 3.88. The molecule has 0 aliphatic rings. The predicted molar refractivity (Wildman–Crippen MR) is 134 cm³/mol. The number of methoxy groups -OCH3 is 1. The van der Waals surface area contributed by atoms with Crippen molar-refractivity contribution in [3.05, 3.63) is 75.6 Å². The Kier molecular flexibility index (Phi) is 8.72. The molecule has 0 spiro atoms. The topological polar surface area (TPSA) is 97.8 Å². The highest BCUT2D eigenvalue weighted by Crippen LogP contribution is 2.29. The molecule has 11 heteroatoms. The standard InChI is InChI=1S/C26H25F3N2O5S/c1-26(2,3)13-36-11-14-6-5-7-16(22(14)29)20-12-37-25(30-20)31-23(32)15-8-18(27)17(19(28)9-15)10-21(35-4)24(33)34/h5-10,12H,11,13H2,1-4H3,(H,33,34)(H,30,31,32). The van der Waals surface area contributed by atoms with Gasteiger partial charge in [-0.2, -0.15) is 0 Å². The lowest BCUT2D eigenvalue weighted by Crippen LogP contribution is -2.14. The van der Waals surface area contributed by atoms with Gasteiger partial charge in [-0.1, -0.05) is 32.9 Å². The molecule has 0 atom stereocenters. The lowest BCUT2D eigenvalue weighted by atomic mass is 9.99. The Morgan fingerprint density at radius 2 is 1.84 bits per heavy atom. The average Bonchev–Trinajstić information content (AvgIpc) is 3.26. The number of nitrogens with zero attached hydrogens (tertiary/aromatic N) is 1. The number of amides is 1. The number of thiazole rings is 1. The summed E-state index contributed by atoms with van der Waals surface area (Å²) in [6.45, 7) is 6.57. The van der Waals surface area contributed by atoms with Gasteiger partial charge in [0.2, 0.25) is 5.76 Å². The van der Waals surface area contributed by atoms with Gasteiger partial charge in [0.1, 0.15) is 17.5 Å². The first-order valence-corrected chi connectivity index (χ1v) is 11.9. The summed E-state index contributed by atoms with van der Waals surface area (Å²) in [5, 5.41) is 13.0. The van der Waals surface area contributed by atoms with Crippen molar-refractivity contribution < 1.29 is 37.3 Å². The van der Waals surface area contributed by atoms with E-state index in [1.54, 1.807) is 23.6 Å². The van der Waals surface area contributed by atoms with Gasteiger partial charge in [0.25, 0.3) is 5.91 Å². The normalized spacial score (nSPS) is 11.9. The Bertz CT molecular complexity index is 1330. The Morgan fingerprint density at radius 1 is 1.16 bits per heavy atom.